The van der Waals surface area contributed by atoms with Gasteiger partial charge < -0.3 is 20.2 Å². The van der Waals surface area contributed by atoms with Gasteiger partial charge in [-0.15, -0.1) is 11.3 Å². The van der Waals surface area contributed by atoms with E-state index in [-0.39, 0.29) is 12.2 Å². The average molecular weight is 541 g/mol. The van der Waals surface area contributed by atoms with Gasteiger partial charge in [0, 0.05) is 34.3 Å². The summed E-state index contributed by atoms with van der Waals surface area (Å²) in [4.78, 5) is 10.4. The maximum Gasteiger partial charge on any atom is 0.140 e. The molecule has 2 aromatic rings. The van der Waals surface area contributed by atoms with E-state index >= 15 is 0 Å². The minimum atomic E-state index is -0.474. The minimum absolute atomic E-state index is 0.136. The molecule has 0 amide bonds. The SMILES string of the molecule is CO[C@@H](CN(N)/C=C(\N)c1nccs1)C(OC1CNOC1C)Sc1cc(Br)ccc1C#N. The van der Waals surface area contributed by atoms with Crippen LogP contribution in [-0.4, -0.2) is 53.9 Å². The number of hydrogen-bond acceptors (Lipinski definition) is 11. The molecule has 1 aliphatic rings. The highest BCUT2D eigenvalue weighted by atomic mass is 79.9. The van der Waals surface area contributed by atoms with Crippen LogP contribution in [0.1, 0.15) is 17.5 Å². The molecule has 1 fully saturated rings. The number of thiazole rings is 1. The van der Waals surface area contributed by atoms with Crippen LogP contribution < -0.4 is 17.1 Å². The van der Waals surface area contributed by atoms with E-state index in [2.05, 4.69) is 32.5 Å². The predicted octanol–water partition coefficient (Wildman–Crippen LogP) is 2.65. The summed E-state index contributed by atoms with van der Waals surface area (Å²) in [5.74, 6) is 6.22. The first-order chi connectivity index (χ1) is 15.4. The van der Waals surface area contributed by atoms with Crippen LogP contribution in [-0.2, 0) is 14.3 Å². The summed E-state index contributed by atoms with van der Waals surface area (Å²) in [5.41, 5.74) is 9.50. The van der Waals surface area contributed by atoms with Gasteiger partial charge in [-0.05, 0) is 25.1 Å². The van der Waals surface area contributed by atoms with E-state index in [9.17, 15) is 5.26 Å². The first kappa shape index (κ1) is 24.9. The number of benzene rings is 1. The molecule has 0 spiro atoms. The number of halogens is 1. The molecule has 12 heteroatoms. The normalized spacial score (nSPS) is 20.7. The van der Waals surface area contributed by atoms with Crippen molar-refractivity contribution in [3.05, 3.63) is 51.0 Å². The summed E-state index contributed by atoms with van der Waals surface area (Å²) in [6.07, 6.45) is 2.54. The van der Waals surface area contributed by atoms with Gasteiger partial charge in [0.15, 0.2) is 0 Å². The Morgan fingerprint density at radius 3 is 3.03 bits per heavy atom. The molecular weight excluding hydrogens is 516 g/mol. The van der Waals surface area contributed by atoms with Gasteiger partial charge in [0.2, 0.25) is 0 Å². The number of nitriles is 1. The fourth-order valence-corrected chi connectivity index (χ4v) is 5.28. The summed E-state index contributed by atoms with van der Waals surface area (Å²) in [6.45, 7) is 2.77. The molecule has 1 aromatic carbocycles. The Morgan fingerprint density at radius 1 is 1.59 bits per heavy atom. The molecule has 4 atom stereocenters. The minimum Gasteiger partial charge on any atom is -0.395 e. The maximum atomic E-state index is 9.54. The van der Waals surface area contributed by atoms with Gasteiger partial charge in [-0.1, -0.05) is 27.7 Å². The number of nitrogens with one attached hydrogen (secondary N) is 1. The fraction of sp³-hybridized carbons (Fsp3) is 0.400. The first-order valence-corrected chi connectivity index (χ1v) is 12.3. The number of rotatable bonds is 10. The number of hydroxylamine groups is 1. The van der Waals surface area contributed by atoms with Gasteiger partial charge in [0.05, 0.1) is 24.4 Å². The number of hydrazine groups is 1. The zero-order valence-corrected chi connectivity index (χ0v) is 20.8. The molecule has 0 bridgehead atoms. The average Bonchev–Trinajstić information content (AvgIpc) is 3.44. The number of aromatic nitrogens is 1. The van der Waals surface area contributed by atoms with E-state index in [1.165, 1.54) is 28.1 Å². The maximum absolute atomic E-state index is 9.54. The van der Waals surface area contributed by atoms with Crippen LogP contribution in [0.3, 0.4) is 0 Å². The van der Waals surface area contributed by atoms with Crippen LogP contribution in [0.2, 0.25) is 0 Å². The van der Waals surface area contributed by atoms with Crippen LogP contribution in [0, 0.1) is 11.3 Å². The molecule has 3 unspecified atom stereocenters. The monoisotopic (exact) mass is 540 g/mol. The van der Waals surface area contributed by atoms with Crippen molar-refractivity contribution in [3.8, 4) is 6.07 Å². The molecule has 0 saturated carbocycles. The summed E-state index contributed by atoms with van der Waals surface area (Å²) < 4.78 is 13.0. The van der Waals surface area contributed by atoms with Crippen molar-refractivity contribution in [3.63, 3.8) is 0 Å². The molecule has 32 heavy (non-hydrogen) atoms. The lowest BCUT2D eigenvalue weighted by Gasteiger charge is -2.31. The second-order valence-electron chi connectivity index (χ2n) is 6.98. The number of thioether (sulfide) groups is 1. The molecule has 5 N–H and O–H groups in total. The van der Waals surface area contributed by atoms with Crippen molar-refractivity contribution < 1.29 is 14.3 Å². The number of ether oxygens (including phenoxy) is 2. The Kier molecular flexibility index (Phi) is 9.33. The molecule has 9 nitrogen and oxygen atoms in total. The van der Waals surface area contributed by atoms with Crippen LogP contribution >= 0.6 is 39.0 Å². The molecule has 1 aliphatic heterocycles. The molecule has 0 radical (unpaired) electrons. The Labute approximate surface area is 203 Å². The van der Waals surface area contributed by atoms with Crippen molar-refractivity contribution in [1.29, 1.82) is 5.26 Å². The predicted molar refractivity (Wildman–Crippen MR) is 128 cm³/mol. The van der Waals surface area contributed by atoms with E-state index in [0.717, 1.165) is 9.37 Å². The number of methoxy groups -OCH3 is 1. The third-order valence-electron chi connectivity index (χ3n) is 4.67. The highest BCUT2D eigenvalue weighted by Gasteiger charge is 2.33. The molecule has 1 saturated heterocycles. The van der Waals surface area contributed by atoms with Crippen LogP contribution in [0.15, 0.2) is 45.3 Å². The van der Waals surface area contributed by atoms with E-state index in [1.54, 1.807) is 25.6 Å². The third-order valence-corrected chi connectivity index (χ3v) is 7.23. The van der Waals surface area contributed by atoms with Gasteiger partial charge in [-0.3, -0.25) is 4.84 Å². The standard InChI is InChI=1S/C20H25BrN6O3S2/c1-12-16(9-26-30-12)29-20(32-18-7-14(21)4-3-13(18)8-22)17(28-2)11-27(24)10-15(23)19-25-5-6-31-19/h3-7,10,12,16-17,20,26H,9,11,23-24H2,1-2H3/b15-10-/t12?,16?,17-,20?/m0/s1. The van der Waals surface area contributed by atoms with Crippen molar-refractivity contribution >= 4 is 44.7 Å². The van der Waals surface area contributed by atoms with Gasteiger partial charge in [-0.2, -0.15) is 10.7 Å². The van der Waals surface area contributed by atoms with E-state index in [1.807, 2.05) is 24.4 Å². The number of nitrogens with two attached hydrogens (primary N) is 2. The van der Waals surface area contributed by atoms with Crippen molar-refractivity contribution in [2.24, 2.45) is 11.6 Å². The topological polar surface area (TPSA) is 132 Å². The second kappa shape index (κ2) is 12.0. The van der Waals surface area contributed by atoms with E-state index < -0.39 is 11.5 Å². The van der Waals surface area contributed by atoms with Gasteiger partial charge in [0.25, 0.3) is 0 Å². The molecule has 2 heterocycles. The lowest BCUT2D eigenvalue weighted by atomic mass is 10.2. The lowest BCUT2D eigenvalue weighted by molar-refractivity contribution is -0.0724. The number of hydrogen-bond donors (Lipinski definition) is 3. The van der Waals surface area contributed by atoms with Crippen molar-refractivity contribution in [2.75, 3.05) is 20.2 Å². The third kappa shape index (κ3) is 6.66. The van der Waals surface area contributed by atoms with Gasteiger partial charge in [0.1, 0.15) is 34.8 Å². The largest absolute Gasteiger partial charge is 0.395 e. The highest BCUT2D eigenvalue weighted by Crippen LogP contribution is 2.34. The summed E-state index contributed by atoms with van der Waals surface area (Å²) >= 11 is 6.31. The van der Waals surface area contributed by atoms with E-state index in [4.69, 9.17) is 25.9 Å². The molecule has 3 rings (SSSR count). The Balaban J connectivity index is 1.81. The second-order valence-corrected chi connectivity index (χ2v) is 9.93. The molecule has 0 aliphatic carbocycles. The van der Waals surface area contributed by atoms with Crippen LogP contribution in [0.25, 0.3) is 5.70 Å². The quantitative estimate of drug-likeness (QED) is 0.179. The zero-order chi connectivity index (χ0) is 23.1. The molecular formula is C20H25BrN6O3S2. The highest BCUT2D eigenvalue weighted by molar-refractivity contribution is 9.10. The summed E-state index contributed by atoms with van der Waals surface area (Å²) in [5, 5.41) is 13.5. The van der Waals surface area contributed by atoms with Crippen LogP contribution in [0.5, 0.6) is 0 Å². The van der Waals surface area contributed by atoms with Crippen molar-refractivity contribution in [1.82, 2.24) is 15.5 Å². The molecule has 1 aromatic heterocycles. The molecule has 172 valence electrons. The first-order valence-electron chi connectivity index (χ1n) is 9.72. The Hall–Kier alpha value is -1.69. The lowest BCUT2D eigenvalue weighted by Crippen LogP contribution is -2.44. The van der Waals surface area contributed by atoms with E-state index in [0.29, 0.717) is 29.4 Å². The smallest absolute Gasteiger partial charge is 0.140 e. The number of nitrogens with zero attached hydrogens (tertiary/aromatic N) is 3. The summed E-state index contributed by atoms with van der Waals surface area (Å²) in [6, 6.07) is 7.71. The fourth-order valence-electron chi connectivity index (χ4n) is 2.97. The zero-order valence-electron chi connectivity index (χ0n) is 17.6. The van der Waals surface area contributed by atoms with Crippen LogP contribution in [0.4, 0.5) is 0 Å². The van der Waals surface area contributed by atoms with Gasteiger partial charge >= 0.3 is 0 Å². The Morgan fingerprint density at radius 2 is 2.41 bits per heavy atom. The van der Waals surface area contributed by atoms with Crippen molar-refractivity contribution in [2.45, 2.75) is 35.6 Å². The summed E-state index contributed by atoms with van der Waals surface area (Å²) in [7, 11) is 1.60. The Bertz CT molecular complexity index is 955. The van der Waals surface area contributed by atoms with Gasteiger partial charge in [-0.25, -0.2) is 10.8 Å².